The Kier molecular flexibility index (Phi) is 7.68. The fourth-order valence-corrected chi connectivity index (χ4v) is 3.97. The van der Waals surface area contributed by atoms with E-state index >= 15 is 0 Å². The first-order chi connectivity index (χ1) is 14.5. The largest absolute Gasteiger partial charge is 0.383 e. The van der Waals surface area contributed by atoms with E-state index in [9.17, 15) is 14.4 Å². The fraction of sp³-hybridized carbons (Fsp3) is 0.591. The lowest BCUT2D eigenvalue weighted by atomic mass is 9.96. The normalized spacial score (nSPS) is 17.3. The molecule has 1 aliphatic carbocycles. The van der Waals surface area contributed by atoms with Crippen molar-refractivity contribution in [1.82, 2.24) is 15.1 Å². The first-order valence-corrected chi connectivity index (χ1v) is 10.7. The number of benzene rings is 1. The van der Waals surface area contributed by atoms with Crippen LogP contribution in [0.15, 0.2) is 24.3 Å². The Morgan fingerprint density at radius 3 is 2.70 bits per heavy atom. The van der Waals surface area contributed by atoms with Crippen LogP contribution in [0.5, 0.6) is 0 Å². The number of carbonyl (C=O) groups is 3. The van der Waals surface area contributed by atoms with E-state index in [0.29, 0.717) is 13.2 Å². The summed E-state index contributed by atoms with van der Waals surface area (Å²) >= 11 is 0. The molecule has 1 N–H and O–H groups in total. The maximum Gasteiger partial charge on any atom is 0.318 e. The van der Waals surface area contributed by atoms with Crippen LogP contribution in [0.25, 0.3) is 0 Å². The Bertz CT molecular complexity index is 763. The molecule has 1 saturated carbocycles. The number of rotatable bonds is 7. The highest BCUT2D eigenvalue weighted by atomic mass is 16.5. The summed E-state index contributed by atoms with van der Waals surface area (Å²) in [5.41, 5.74) is 1.83. The topological polar surface area (TPSA) is 82.2 Å². The molecule has 0 aromatic heterocycles. The first-order valence-electron chi connectivity index (χ1n) is 10.7. The van der Waals surface area contributed by atoms with E-state index in [4.69, 9.17) is 4.74 Å². The molecule has 2 fully saturated rings. The number of anilines is 1. The molecule has 0 atom stereocenters. The van der Waals surface area contributed by atoms with Crippen LogP contribution >= 0.6 is 0 Å². The second-order valence-corrected chi connectivity index (χ2v) is 8.09. The smallest absolute Gasteiger partial charge is 0.318 e. The summed E-state index contributed by atoms with van der Waals surface area (Å²) < 4.78 is 5.11. The van der Waals surface area contributed by atoms with Gasteiger partial charge < -0.3 is 19.9 Å². The summed E-state index contributed by atoms with van der Waals surface area (Å²) in [5.74, 6) is -0.363. The molecule has 8 nitrogen and oxygen atoms in total. The van der Waals surface area contributed by atoms with Crippen molar-refractivity contribution in [1.29, 1.82) is 0 Å². The molecule has 1 aliphatic heterocycles. The van der Waals surface area contributed by atoms with E-state index in [0.717, 1.165) is 36.9 Å². The van der Waals surface area contributed by atoms with Gasteiger partial charge in [-0.1, -0.05) is 31.4 Å². The van der Waals surface area contributed by atoms with Crippen molar-refractivity contribution in [3.63, 3.8) is 0 Å². The van der Waals surface area contributed by atoms with Gasteiger partial charge in [0, 0.05) is 25.4 Å². The zero-order chi connectivity index (χ0) is 21.5. The lowest BCUT2D eigenvalue weighted by molar-refractivity contribution is -0.132. The number of aryl methyl sites for hydroxylation is 1. The summed E-state index contributed by atoms with van der Waals surface area (Å²) in [7, 11) is 1.57. The van der Waals surface area contributed by atoms with Crippen molar-refractivity contribution >= 4 is 23.5 Å². The highest BCUT2D eigenvalue weighted by Gasteiger charge is 2.33. The molecule has 0 radical (unpaired) electrons. The zero-order valence-corrected chi connectivity index (χ0v) is 17.9. The number of urea groups is 1. The maximum atomic E-state index is 12.9. The van der Waals surface area contributed by atoms with E-state index in [1.807, 2.05) is 31.2 Å². The standard InChI is InChI=1S/C22H32N4O4/c1-17-7-6-10-19(13-17)26-16-25(15-21(26)28)20(27)14-24(11-12-30-2)22(29)23-18-8-4-3-5-9-18/h6-7,10,13,18H,3-5,8-9,11-12,14-16H2,1-2H3,(H,23,29). The van der Waals surface area contributed by atoms with Gasteiger partial charge in [-0.3, -0.25) is 14.5 Å². The first kappa shape index (κ1) is 22.1. The van der Waals surface area contributed by atoms with Gasteiger partial charge in [0.15, 0.2) is 0 Å². The molecule has 1 heterocycles. The monoisotopic (exact) mass is 416 g/mol. The highest BCUT2D eigenvalue weighted by molar-refractivity contribution is 6.00. The average molecular weight is 417 g/mol. The lowest BCUT2D eigenvalue weighted by Crippen LogP contribution is -2.50. The van der Waals surface area contributed by atoms with E-state index in [-0.39, 0.29) is 43.6 Å². The van der Waals surface area contributed by atoms with Crippen molar-refractivity contribution in [3.8, 4) is 0 Å². The summed E-state index contributed by atoms with van der Waals surface area (Å²) in [4.78, 5) is 42.7. The minimum atomic E-state index is -0.242. The van der Waals surface area contributed by atoms with Crippen LogP contribution < -0.4 is 10.2 Å². The summed E-state index contributed by atoms with van der Waals surface area (Å²) in [6.07, 6.45) is 5.39. The van der Waals surface area contributed by atoms with Crippen LogP contribution in [0, 0.1) is 6.92 Å². The molecule has 0 spiro atoms. The molecular weight excluding hydrogens is 384 g/mol. The third-order valence-electron chi connectivity index (χ3n) is 5.72. The third-order valence-corrected chi connectivity index (χ3v) is 5.72. The number of nitrogens with zero attached hydrogens (tertiary/aromatic N) is 3. The number of methoxy groups -OCH3 is 1. The van der Waals surface area contributed by atoms with Crippen molar-refractivity contribution in [2.75, 3.05) is 44.9 Å². The average Bonchev–Trinajstić information content (AvgIpc) is 3.13. The van der Waals surface area contributed by atoms with E-state index in [2.05, 4.69) is 5.32 Å². The van der Waals surface area contributed by atoms with Gasteiger partial charge >= 0.3 is 6.03 Å². The van der Waals surface area contributed by atoms with E-state index in [1.54, 1.807) is 12.0 Å². The van der Waals surface area contributed by atoms with Crippen molar-refractivity contribution in [2.45, 2.75) is 45.1 Å². The Morgan fingerprint density at radius 2 is 2.00 bits per heavy atom. The van der Waals surface area contributed by atoms with Gasteiger partial charge in [-0.25, -0.2) is 4.79 Å². The van der Waals surface area contributed by atoms with E-state index in [1.165, 1.54) is 16.2 Å². The van der Waals surface area contributed by atoms with Gasteiger partial charge in [0.2, 0.25) is 11.8 Å². The van der Waals surface area contributed by atoms with Crippen molar-refractivity contribution < 1.29 is 19.1 Å². The second kappa shape index (κ2) is 10.4. The van der Waals surface area contributed by atoms with Gasteiger partial charge in [-0.05, 0) is 37.5 Å². The molecule has 30 heavy (non-hydrogen) atoms. The summed E-state index contributed by atoms with van der Waals surface area (Å²) in [6, 6.07) is 7.57. The minimum absolute atomic E-state index is 0.0230. The number of ether oxygens (including phenoxy) is 1. The molecule has 2 aliphatic rings. The number of hydrogen-bond acceptors (Lipinski definition) is 4. The fourth-order valence-electron chi connectivity index (χ4n) is 3.97. The molecule has 4 amide bonds. The molecule has 1 saturated heterocycles. The van der Waals surface area contributed by atoms with Gasteiger partial charge in [-0.15, -0.1) is 0 Å². The Morgan fingerprint density at radius 1 is 1.23 bits per heavy atom. The van der Waals surface area contributed by atoms with Crippen LogP contribution in [0.2, 0.25) is 0 Å². The summed E-state index contributed by atoms with van der Waals surface area (Å²) in [6.45, 7) is 2.78. The quantitative estimate of drug-likeness (QED) is 0.738. The molecule has 164 valence electrons. The third kappa shape index (κ3) is 5.72. The van der Waals surface area contributed by atoms with Gasteiger partial charge in [-0.2, -0.15) is 0 Å². The number of nitrogens with one attached hydrogen (secondary N) is 1. The van der Waals surface area contributed by atoms with Crippen molar-refractivity contribution in [2.24, 2.45) is 0 Å². The van der Waals surface area contributed by atoms with E-state index < -0.39 is 0 Å². The molecule has 0 unspecified atom stereocenters. The summed E-state index contributed by atoms with van der Waals surface area (Å²) in [5, 5.41) is 3.06. The molecule has 1 aromatic rings. The number of carbonyl (C=O) groups excluding carboxylic acids is 3. The second-order valence-electron chi connectivity index (χ2n) is 8.09. The molecular formula is C22H32N4O4. The van der Waals surface area contributed by atoms with Crippen LogP contribution in [0.1, 0.15) is 37.7 Å². The van der Waals surface area contributed by atoms with Crippen LogP contribution in [-0.4, -0.2) is 73.7 Å². The predicted molar refractivity (Wildman–Crippen MR) is 114 cm³/mol. The van der Waals surface area contributed by atoms with Gasteiger partial charge in [0.25, 0.3) is 0 Å². The van der Waals surface area contributed by atoms with Gasteiger partial charge in [0.1, 0.15) is 19.8 Å². The SMILES string of the molecule is COCCN(CC(=O)N1CC(=O)N(c2cccc(C)c2)C1)C(=O)NC1CCCCC1. The van der Waals surface area contributed by atoms with Gasteiger partial charge in [0.05, 0.1) is 6.61 Å². The molecule has 8 heteroatoms. The van der Waals surface area contributed by atoms with Crippen molar-refractivity contribution in [3.05, 3.63) is 29.8 Å². The van der Waals surface area contributed by atoms with Crippen LogP contribution in [0.4, 0.5) is 10.5 Å². The Hall–Kier alpha value is -2.61. The number of amides is 4. The maximum absolute atomic E-state index is 12.9. The Labute approximate surface area is 178 Å². The molecule has 1 aromatic carbocycles. The molecule has 3 rings (SSSR count). The lowest BCUT2D eigenvalue weighted by Gasteiger charge is -2.29. The zero-order valence-electron chi connectivity index (χ0n) is 17.9. The van der Waals surface area contributed by atoms with Crippen LogP contribution in [-0.2, 0) is 14.3 Å². The predicted octanol–water partition coefficient (Wildman–Crippen LogP) is 2.12. The minimum Gasteiger partial charge on any atom is -0.383 e. The Balaban J connectivity index is 1.60. The molecule has 0 bridgehead atoms. The highest BCUT2D eigenvalue weighted by Crippen LogP contribution is 2.21. The van der Waals surface area contributed by atoms with Crippen LogP contribution in [0.3, 0.4) is 0 Å². The number of hydrogen-bond donors (Lipinski definition) is 1.